The molecule has 6 nitrogen and oxygen atoms in total. The van der Waals surface area contributed by atoms with Crippen molar-refractivity contribution in [1.29, 1.82) is 0 Å². The Morgan fingerprint density at radius 3 is 2.30 bits per heavy atom. The molecule has 4 aromatic rings. The Balaban J connectivity index is 1.20. The third-order valence-corrected chi connectivity index (χ3v) is 7.21. The number of hydrogen-bond donors (Lipinski definition) is 1. The zero-order valence-corrected chi connectivity index (χ0v) is 24.4. The van der Waals surface area contributed by atoms with E-state index in [-0.39, 0.29) is 11.3 Å². The fourth-order valence-corrected chi connectivity index (χ4v) is 4.81. The zero-order valence-electron chi connectivity index (χ0n) is 24.4. The molecule has 1 heterocycles. The maximum Gasteiger partial charge on any atom is 0.251 e. The van der Waals surface area contributed by atoms with Crippen LogP contribution in [-0.4, -0.2) is 35.7 Å². The second kappa shape index (κ2) is 14.0. The minimum atomic E-state index is -0.0460. The van der Waals surface area contributed by atoms with Crippen molar-refractivity contribution in [2.24, 2.45) is 0 Å². The van der Waals surface area contributed by atoms with Gasteiger partial charge in [-0.1, -0.05) is 51.5 Å². The van der Waals surface area contributed by atoms with Gasteiger partial charge in [-0.2, -0.15) is 0 Å². The number of ether oxygens (including phenoxy) is 2. The number of aryl methyl sites for hydroxylation is 2. The predicted molar refractivity (Wildman–Crippen MR) is 162 cm³/mol. The molecule has 6 heteroatoms. The summed E-state index contributed by atoms with van der Waals surface area (Å²) < 4.78 is 13.5. The van der Waals surface area contributed by atoms with Crippen LogP contribution < -0.4 is 14.8 Å². The zero-order chi connectivity index (χ0) is 28.4. The number of imidazole rings is 1. The van der Waals surface area contributed by atoms with Gasteiger partial charge in [0, 0.05) is 25.1 Å². The molecule has 4 rings (SSSR count). The molecule has 0 saturated carbocycles. The summed E-state index contributed by atoms with van der Waals surface area (Å²) in [6.07, 6.45) is 5.96. The Hall–Kier alpha value is -3.80. The molecule has 0 aliphatic heterocycles. The maximum atomic E-state index is 12.3. The van der Waals surface area contributed by atoms with Gasteiger partial charge in [-0.15, -0.1) is 0 Å². The SMILES string of the molecule is COc1ccc(C(=O)NCCCCCc2nc3ccccc3n2CCCCOc2ccc(C(C)(C)C)cc2)cc1. The molecule has 0 unspecified atom stereocenters. The van der Waals surface area contributed by atoms with Crippen molar-refractivity contribution < 1.29 is 14.3 Å². The van der Waals surface area contributed by atoms with E-state index in [0.29, 0.717) is 18.7 Å². The first-order chi connectivity index (χ1) is 19.3. The number of aromatic nitrogens is 2. The number of nitrogens with one attached hydrogen (secondary N) is 1. The van der Waals surface area contributed by atoms with Crippen molar-refractivity contribution in [2.45, 2.75) is 71.3 Å². The van der Waals surface area contributed by atoms with E-state index < -0.39 is 0 Å². The maximum absolute atomic E-state index is 12.3. The highest BCUT2D eigenvalue weighted by molar-refractivity contribution is 5.94. The summed E-state index contributed by atoms with van der Waals surface area (Å²) in [6.45, 7) is 8.98. The number of carbonyl (C=O) groups excluding carboxylic acids is 1. The highest BCUT2D eigenvalue weighted by Gasteiger charge is 2.13. The van der Waals surface area contributed by atoms with Crippen LogP contribution in [0.4, 0.5) is 0 Å². The average molecular weight is 542 g/mol. The Labute approximate surface area is 238 Å². The van der Waals surface area contributed by atoms with Gasteiger partial charge in [-0.3, -0.25) is 4.79 Å². The van der Waals surface area contributed by atoms with Crippen molar-refractivity contribution in [1.82, 2.24) is 14.9 Å². The lowest BCUT2D eigenvalue weighted by molar-refractivity contribution is 0.0953. The monoisotopic (exact) mass is 541 g/mol. The van der Waals surface area contributed by atoms with Gasteiger partial charge in [0.25, 0.3) is 5.91 Å². The molecule has 1 aromatic heterocycles. The van der Waals surface area contributed by atoms with Crippen molar-refractivity contribution >= 4 is 16.9 Å². The van der Waals surface area contributed by atoms with Gasteiger partial charge in [-0.05, 0) is 85.2 Å². The van der Waals surface area contributed by atoms with Crippen molar-refractivity contribution in [2.75, 3.05) is 20.3 Å². The van der Waals surface area contributed by atoms with E-state index >= 15 is 0 Å². The summed E-state index contributed by atoms with van der Waals surface area (Å²) >= 11 is 0. The molecule has 0 saturated heterocycles. The van der Waals surface area contributed by atoms with Crippen LogP contribution in [0, 0.1) is 0 Å². The van der Waals surface area contributed by atoms with Gasteiger partial charge in [0.15, 0.2) is 0 Å². The topological polar surface area (TPSA) is 65.4 Å². The van der Waals surface area contributed by atoms with Crippen LogP contribution in [0.1, 0.15) is 74.6 Å². The number of unbranched alkanes of at least 4 members (excludes halogenated alkanes) is 3. The lowest BCUT2D eigenvalue weighted by atomic mass is 9.87. The number of amides is 1. The van der Waals surface area contributed by atoms with Gasteiger partial charge in [0.2, 0.25) is 0 Å². The number of carbonyl (C=O) groups is 1. The van der Waals surface area contributed by atoms with Gasteiger partial charge >= 0.3 is 0 Å². The number of para-hydroxylation sites is 2. The summed E-state index contributed by atoms with van der Waals surface area (Å²) in [5, 5.41) is 3.02. The predicted octanol–water partition coefficient (Wildman–Crippen LogP) is 7.34. The second-order valence-electron chi connectivity index (χ2n) is 11.3. The summed E-state index contributed by atoms with van der Waals surface area (Å²) in [4.78, 5) is 17.3. The van der Waals surface area contributed by atoms with E-state index in [4.69, 9.17) is 14.5 Å². The Bertz CT molecular complexity index is 1350. The number of benzene rings is 3. The summed E-state index contributed by atoms with van der Waals surface area (Å²) in [5.74, 6) is 2.78. The molecular formula is C34H43N3O3. The molecule has 0 spiro atoms. The van der Waals surface area contributed by atoms with Crippen LogP contribution in [0.15, 0.2) is 72.8 Å². The Morgan fingerprint density at radius 2 is 1.57 bits per heavy atom. The second-order valence-corrected chi connectivity index (χ2v) is 11.3. The van der Waals surface area contributed by atoms with E-state index in [1.165, 1.54) is 11.1 Å². The van der Waals surface area contributed by atoms with Crippen LogP contribution in [0.3, 0.4) is 0 Å². The molecule has 1 amide bonds. The average Bonchev–Trinajstić information content (AvgIpc) is 3.31. The number of hydrogen-bond acceptors (Lipinski definition) is 4. The van der Waals surface area contributed by atoms with Gasteiger partial charge in [-0.25, -0.2) is 4.98 Å². The van der Waals surface area contributed by atoms with E-state index in [2.05, 4.69) is 73.1 Å². The Kier molecular flexibility index (Phi) is 10.2. The van der Waals surface area contributed by atoms with Gasteiger partial charge in [0.1, 0.15) is 17.3 Å². The summed E-state index contributed by atoms with van der Waals surface area (Å²) in [7, 11) is 1.62. The summed E-state index contributed by atoms with van der Waals surface area (Å²) in [5.41, 5.74) is 4.37. The first-order valence-corrected chi connectivity index (χ1v) is 14.4. The summed E-state index contributed by atoms with van der Waals surface area (Å²) in [6, 6.07) is 24.0. The molecule has 0 bridgehead atoms. The fraction of sp³-hybridized carbons (Fsp3) is 0.412. The van der Waals surface area contributed by atoms with Gasteiger partial charge in [0.05, 0.1) is 24.8 Å². The molecule has 212 valence electrons. The van der Waals surface area contributed by atoms with Crippen LogP contribution in [0.25, 0.3) is 11.0 Å². The van der Waals surface area contributed by atoms with E-state index in [1.54, 1.807) is 31.4 Å². The lowest BCUT2D eigenvalue weighted by Gasteiger charge is -2.19. The lowest BCUT2D eigenvalue weighted by Crippen LogP contribution is -2.24. The third-order valence-electron chi connectivity index (χ3n) is 7.21. The van der Waals surface area contributed by atoms with Gasteiger partial charge < -0.3 is 19.4 Å². The fourth-order valence-electron chi connectivity index (χ4n) is 4.81. The van der Waals surface area contributed by atoms with Crippen LogP contribution in [0.2, 0.25) is 0 Å². The van der Waals surface area contributed by atoms with Crippen LogP contribution >= 0.6 is 0 Å². The number of rotatable bonds is 14. The molecule has 0 aliphatic carbocycles. The highest BCUT2D eigenvalue weighted by Crippen LogP contribution is 2.24. The quantitative estimate of drug-likeness (QED) is 0.170. The largest absolute Gasteiger partial charge is 0.497 e. The molecule has 40 heavy (non-hydrogen) atoms. The van der Waals surface area contributed by atoms with Crippen molar-refractivity contribution in [3.63, 3.8) is 0 Å². The third kappa shape index (κ3) is 8.10. The number of fused-ring (bicyclic) bond motifs is 1. The first kappa shape index (κ1) is 29.2. The molecule has 0 atom stereocenters. The molecular weight excluding hydrogens is 498 g/mol. The van der Waals surface area contributed by atoms with Crippen molar-refractivity contribution in [3.05, 3.63) is 89.7 Å². The van der Waals surface area contributed by atoms with E-state index in [1.807, 2.05) is 6.07 Å². The molecule has 3 aromatic carbocycles. The molecule has 0 fully saturated rings. The number of methoxy groups -OCH3 is 1. The minimum Gasteiger partial charge on any atom is -0.497 e. The molecule has 0 aliphatic rings. The smallest absolute Gasteiger partial charge is 0.251 e. The highest BCUT2D eigenvalue weighted by atomic mass is 16.5. The number of nitrogens with zero attached hydrogens (tertiary/aromatic N) is 2. The first-order valence-electron chi connectivity index (χ1n) is 14.4. The van der Waals surface area contributed by atoms with Crippen LogP contribution in [-0.2, 0) is 18.4 Å². The molecule has 1 N–H and O–H groups in total. The Morgan fingerprint density at radius 1 is 0.850 bits per heavy atom. The minimum absolute atomic E-state index is 0.0460. The van der Waals surface area contributed by atoms with E-state index in [9.17, 15) is 4.79 Å². The molecule has 0 radical (unpaired) electrons. The van der Waals surface area contributed by atoms with Crippen LogP contribution in [0.5, 0.6) is 11.5 Å². The standard InChI is InChI=1S/C34H43N3O3/c1-34(2,3)27-17-21-29(22-18-27)40-25-11-10-24-37-31-13-8-7-12-30(31)36-32(37)14-6-5-9-23-35-33(38)26-15-19-28(39-4)20-16-26/h7-8,12-13,15-22H,5-6,9-11,14,23-25H2,1-4H3,(H,35,38). The van der Waals surface area contributed by atoms with E-state index in [0.717, 1.165) is 67.9 Å². The van der Waals surface area contributed by atoms with Crippen molar-refractivity contribution in [3.8, 4) is 11.5 Å². The normalized spacial score (nSPS) is 11.5.